The Balaban J connectivity index is 2.19. The number of amidine groups is 1. The molecule has 0 atom stereocenters. The minimum absolute atomic E-state index is 0.0265. The van der Waals surface area contributed by atoms with Crippen LogP contribution in [0.3, 0.4) is 0 Å². The van der Waals surface area contributed by atoms with Gasteiger partial charge >= 0.3 is 0 Å². The van der Waals surface area contributed by atoms with E-state index in [1.807, 2.05) is 0 Å². The van der Waals surface area contributed by atoms with Crippen LogP contribution in [0.5, 0.6) is 0 Å². The molecule has 0 aromatic rings. The van der Waals surface area contributed by atoms with E-state index in [4.69, 9.17) is 10.9 Å². The van der Waals surface area contributed by atoms with Gasteiger partial charge in [-0.25, -0.2) is 0 Å². The van der Waals surface area contributed by atoms with Crippen LogP contribution in [0.2, 0.25) is 0 Å². The molecular weight excluding hydrogens is 248 g/mol. The van der Waals surface area contributed by atoms with Crippen LogP contribution in [0, 0.1) is 5.41 Å². The largest absolute Gasteiger partial charge is 0.409 e. The van der Waals surface area contributed by atoms with Gasteiger partial charge in [-0.05, 0) is 12.8 Å². The molecule has 19 heavy (non-hydrogen) atoms. The molecule has 1 aliphatic heterocycles. The van der Waals surface area contributed by atoms with Crippen LogP contribution in [-0.2, 0) is 9.59 Å². The average Bonchev–Trinajstić information content (AvgIpc) is 2.90. The summed E-state index contributed by atoms with van der Waals surface area (Å²) in [4.78, 5) is 27.5. The van der Waals surface area contributed by atoms with E-state index >= 15 is 0 Å². The quantitative estimate of drug-likeness (QED) is 0.308. The average molecular weight is 268 g/mol. The van der Waals surface area contributed by atoms with Gasteiger partial charge in [0.25, 0.3) is 0 Å². The first-order valence-electron chi connectivity index (χ1n) is 6.52. The third-order valence-electron chi connectivity index (χ3n) is 4.21. The summed E-state index contributed by atoms with van der Waals surface area (Å²) in [6.07, 6.45) is 2.93. The number of nitrogens with two attached hydrogens (primary N) is 1. The molecule has 2 rings (SSSR count). The molecule has 1 heterocycles. The number of carbonyl (C=O) groups is 2. The highest BCUT2D eigenvalue weighted by Gasteiger charge is 2.48. The Labute approximate surface area is 112 Å². The molecule has 0 spiro atoms. The maximum Gasteiger partial charge on any atom is 0.241 e. The molecule has 3 N–H and O–H groups in total. The summed E-state index contributed by atoms with van der Waals surface area (Å²) < 4.78 is 0. The topological polar surface area (TPSA) is 99.2 Å². The van der Waals surface area contributed by atoms with Gasteiger partial charge in [0.05, 0.1) is 6.54 Å². The molecule has 0 aromatic heterocycles. The van der Waals surface area contributed by atoms with E-state index in [1.165, 1.54) is 4.90 Å². The standard InChI is InChI=1S/C12H20N4O3/c1-15-6-7-16(8-9(15)17)11(18)12(10(13)14-19)4-2-3-5-12/h19H,2-8H2,1H3,(H2,13,14). The number of piperazine rings is 1. The van der Waals surface area contributed by atoms with E-state index in [0.717, 1.165) is 12.8 Å². The predicted octanol–water partition coefficient (Wildman–Crippen LogP) is -0.406. The monoisotopic (exact) mass is 268 g/mol. The van der Waals surface area contributed by atoms with Gasteiger partial charge in [0.1, 0.15) is 5.41 Å². The van der Waals surface area contributed by atoms with E-state index in [2.05, 4.69) is 5.16 Å². The Morgan fingerprint density at radius 3 is 2.53 bits per heavy atom. The van der Waals surface area contributed by atoms with Crippen molar-refractivity contribution < 1.29 is 14.8 Å². The van der Waals surface area contributed by atoms with Crippen molar-refractivity contribution in [3.05, 3.63) is 0 Å². The Morgan fingerprint density at radius 2 is 2.00 bits per heavy atom. The predicted molar refractivity (Wildman–Crippen MR) is 68.5 cm³/mol. The van der Waals surface area contributed by atoms with E-state index < -0.39 is 5.41 Å². The molecule has 0 radical (unpaired) electrons. The van der Waals surface area contributed by atoms with Crippen molar-refractivity contribution in [2.45, 2.75) is 25.7 Å². The lowest BCUT2D eigenvalue weighted by molar-refractivity contribution is -0.148. The molecule has 1 saturated heterocycles. The van der Waals surface area contributed by atoms with Gasteiger partial charge in [0.15, 0.2) is 5.84 Å². The van der Waals surface area contributed by atoms with Crippen LogP contribution < -0.4 is 5.73 Å². The van der Waals surface area contributed by atoms with E-state index in [0.29, 0.717) is 25.9 Å². The SMILES string of the molecule is CN1CCN(C(=O)C2(C(N)=NO)CCCC2)CC1=O. The molecule has 2 amide bonds. The molecule has 0 bridgehead atoms. The summed E-state index contributed by atoms with van der Waals surface area (Å²) in [5.74, 6) is -0.282. The number of oxime groups is 1. The van der Waals surface area contributed by atoms with Gasteiger partial charge < -0.3 is 20.7 Å². The van der Waals surface area contributed by atoms with Crippen molar-refractivity contribution in [3.8, 4) is 0 Å². The first-order valence-corrected chi connectivity index (χ1v) is 6.52. The second-order valence-electron chi connectivity index (χ2n) is 5.32. The zero-order chi connectivity index (χ0) is 14.0. The minimum atomic E-state index is -0.912. The molecule has 1 saturated carbocycles. The highest BCUT2D eigenvalue weighted by molar-refractivity contribution is 6.07. The third kappa shape index (κ3) is 2.24. The lowest BCUT2D eigenvalue weighted by Crippen LogP contribution is -2.57. The van der Waals surface area contributed by atoms with Crippen LogP contribution in [0.1, 0.15) is 25.7 Å². The molecule has 2 fully saturated rings. The van der Waals surface area contributed by atoms with Gasteiger partial charge in [-0.15, -0.1) is 0 Å². The number of likely N-dealkylation sites (N-methyl/N-ethyl adjacent to an activating group) is 1. The first kappa shape index (κ1) is 13.6. The van der Waals surface area contributed by atoms with Crippen molar-refractivity contribution in [2.75, 3.05) is 26.7 Å². The van der Waals surface area contributed by atoms with Gasteiger partial charge in [-0.3, -0.25) is 9.59 Å². The number of carbonyl (C=O) groups excluding carboxylic acids is 2. The molecular formula is C12H20N4O3. The van der Waals surface area contributed by atoms with Crippen LogP contribution in [0.4, 0.5) is 0 Å². The second kappa shape index (κ2) is 5.07. The summed E-state index contributed by atoms with van der Waals surface area (Å²) in [6.45, 7) is 1.11. The van der Waals surface area contributed by atoms with E-state index in [-0.39, 0.29) is 24.2 Å². The first-order chi connectivity index (χ1) is 9.01. The van der Waals surface area contributed by atoms with E-state index in [9.17, 15) is 9.59 Å². The van der Waals surface area contributed by atoms with Gasteiger partial charge in [-0.2, -0.15) is 0 Å². The van der Waals surface area contributed by atoms with Crippen molar-refractivity contribution >= 4 is 17.6 Å². The molecule has 0 aromatic carbocycles. The van der Waals surface area contributed by atoms with Crippen LogP contribution in [0.25, 0.3) is 0 Å². The minimum Gasteiger partial charge on any atom is -0.409 e. The molecule has 1 aliphatic carbocycles. The summed E-state index contributed by atoms with van der Waals surface area (Å²) in [6, 6.07) is 0. The van der Waals surface area contributed by atoms with Crippen LogP contribution in [0.15, 0.2) is 5.16 Å². The van der Waals surface area contributed by atoms with Crippen molar-refractivity contribution in [1.82, 2.24) is 9.80 Å². The fourth-order valence-electron chi connectivity index (χ4n) is 2.89. The fraction of sp³-hybridized carbons (Fsp3) is 0.750. The van der Waals surface area contributed by atoms with Gasteiger partial charge in [-0.1, -0.05) is 18.0 Å². The van der Waals surface area contributed by atoms with Gasteiger partial charge in [0.2, 0.25) is 11.8 Å². The molecule has 7 heteroatoms. The van der Waals surface area contributed by atoms with Gasteiger partial charge in [0, 0.05) is 20.1 Å². The van der Waals surface area contributed by atoms with Crippen molar-refractivity contribution in [3.63, 3.8) is 0 Å². The Hall–Kier alpha value is -1.79. The summed E-state index contributed by atoms with van der Waals surface area (Å²) in [7, 11) is 1.72. The zero-order valence-corrected chi connectivity index (χ0v) is 11.1. The number of amides is 2. The summed E-state index contributed by atoms with van der Waals surface area (Å²) in [5, 5.41) is 12.0. The Kier molecular flexibility index (Phi) is 3.64. The summed E-state index contributed by atoms with van der Waals surface area (Å²) in [5.41, 5.74) is 4.83. The molecule has 0 unspecified atom stereocenters. The lowest BCUT2D eigenvalue weighted by Gasteiger charge is -2.37. The van der Waals surface area contributed by atoms with Crippen molar-refractivity contribution in [2.24, 2.45) is 16.3 Å². The highest BCUT2D eigenvalue weighted by atomic mass is 16.4. The second-order valence-corrected chi connectivity index (χ2v) is 5.32. The van der Waals surface area contributed by atoms with Crippen LogP contribution in [-0.4, -0.2) is 59.3 Å². The summed E-state index contributed by atoms with van der Waals surface area (Å²) >= 11 is 0. The highest BCUT2D eigenvalue weighted by Crippen LogP contribution is 2.40. The lowest BCUT2D eigenvalue weighted by atomic mass is 9.83. The number of nitrogens with zero attached hydrogens (tertiary/aromatic N) is 3. The smallest absolute Gasteiger partial charge is 0.241 e. The molecule has 106 valence electrons. The Morgan fingerprint density at radius 1 is 1.37 bits per heavy atom. The van der Waals surface area contributed by atoms with E-state index in [1.54, 1.807) is 11.9 Å². The maximum absolute atomic E-state index is 12.7. The van der Waals surface area contributed by atoms with Crippen molar-refractivity contribution in [1.29, 1.82) is 0 Å². The number of rotatable bonds is 2. The third-order valence-corrected chi connectivity index (χ3v) is 4.21. The van der Waals surface area contributed by atoms with Crippen LogP contribution >= 0.6 is 0 Å². The number of hydrogen-bond acceptors (Lipinski definition) is 4. The Bertz CT molecular complexity index is 415. The number of hydrogen-bond donors (Lipinski definition) is 2. The normalized spacial score (nSPS) is 23.8. The molecule has 2 aliphatic rings. The molecule has 7 nitrogen and oxygen atoms in total. The fourth-order valence-corrected chi connectivity index (χ4v) is 2.89. The zero-order valence-electron chi connectivity index (χ0n) is 11.1. The maximum atomic E-state index is 12.7.